The molecule has 0 saturated heterocycles. The number of hydrogen-bond acceptors (Lipinski definition) is 3. The summed E-state index contributed by atoms with van der Waals surface area (Å²) < 4.78 is 0. The molecule has 0 unspecified atom stereocenters. The molecular weight excluding hydrogens is 318 g/mol. The van der Waals surface area contributed by atoms with Crippen LogP contribution in [-0.4, -0.2) is 17.0 Å². The largest absolute Gasteiger partial charge is 0.365 e. The summed E-state index contributed by atoms with van der Waals surface area (Å²) in [7, 11) is 0. The van der Waals surface area contributed by atoms with Gasteiger partial charge >= 0.3 is 5.97 Å². The molecule has 0 bridgehead atoms. The molecule has 0 spiro atoms. The summed E-state index contributed by atoms with van der Waals surface area (Å²) in [5.41, 5.74) is 2.18. The molecule has 0 aliphatic heterocycles. The number of benzene rings is 2. The van der Waals surface area contributed by atoms with Crippen LogP contribution in [0.4, 0.5) is 0 Å². The summed E-state index contributed by atoms with van der Waals surface area (Å²) in [6.07, 6.45) is 0.687. The second-order valence-corrected chi connectivity index (χ2v) is 4.88. The number of rotatable bonds is 5. The van der Waals surface area contributed by atoms with Crippen molar-refractivity contribution in [3.8, 4) is 0 Å². The summed E-state index contributed by atoms with van der Waals surface area (Å²) in [6, 6.07) is 18.5. The van der Waals surface area contributed by atoms with Gasteiger partial charge in [0.1, 0.15) is 0 Å². The van der Waals surface area contributed by atoms with E-state index in [2.05, 4.69) is 21.1 Å². The Morgan fingerprint density at radius 2 is 1.50 bits per heavy atom. The van der Waals surface area contributed by atoms with Gasteiger partial charge in [-0.1, -0.05) is 69.6 Å². The molecule has 0 amide bonds. The van der Waals surface area contributed by atoms with Crippen molar-refractivity contribution < 1.29 is 9.63 Å². The van der Waals surface area contributed by atoms with Crippen molar-refractivity contribution in [3.63, 3.8) is 0 Å². The van der Waals surface area contributed by atoms with Crippen LogP contribution in [0.15, 0.2) is 65.8 Å². The SMILES string of the molecule is O=C(ON=C(CCBr)c1ccccc1)c1ccccc1. The monoisotopic (exact) mass is 331 g/mol. The van der Waals surface area contributed by atoms with Crippen LogP contribution in [0.1, 0.15) is 22.3 Å². The van der Waals surface area contributed by atoms with Crippen molar-refractivity contribution in [3.05, 3.63) is 71.8 Å². The molecule has 20 heavy (non-hydrogen) atoms. The lowest BCUT2D eigenvalue weighted by Crippen LogP contribution is -2.06. The molecule has 0 N–H and O–H groups in total. The van der Waals surface area contributed by atoms with Crippen LogP contribution in [0.3, 0.4) is 0 Å². The number of hydrogen-bond donors (Lipinski definition) is 0. The van der Waals surface area contributed by atoms with Gasteiger partial charge in [0.15, 0.2) is 0 Å². The van der Waals surface area contributed by atoms with Crippen molar-refractivity contribution >= 4 is 27.6 Å². The molecule has 0 atom stereocenters. The summed E-state index contributed by atoms with van der Waals surface area (Å²) in [4.78, 5) is 16.9. The van der Waals surface area contributed by atoms with Crippen molar-refractivity contribution in [2.24, 2.45) is 5.16 Å². The highest BCUT2D eigenvalue weighted by molar-refractivity contribution is 9.09. The standard InChI is InChI=1S/C16H14BrNO2/c17-12-11-15(13-7-3-1-4-8-13)18-20-16(19)14-9-5-2-6-10-14/h1-10H,11-12H2. The zero-order valence-electron chi connectivity index (χ0n) is 10.8. The van der Waals surface area contributed by atoms with Gasteiger partial charge in [0.2, 0.25) is 0 Å². The number of halogens is 1. The van der Waals surface area contributed by atoms with Gasteiger partial charge in [-0.2, -0.15) is 0 Å². The van der Waals surface area contributed by atoms with Crippen molar-refractivity contribution in [2.75, 3.05) is 5.33 Å². The maximum atomic E-state index is 11.8. The Hall–Kier alpha value is -1.94. The van der Waals surface area contributed by atoms with E-state index >= 15 is 0 Å². The summed E-state index contributed by atoms with van der Waals surface area (Å²) in [6.45, 7) is 0. The topological polar surface area (TPSA) is 38.7 Å². The van der Waals surface area contributed by atoms with E-state index in [-0.39, 0.29) is 0 Å². The minimum atomic E-state index is -0.450. The van der Waals surface area contributed by atoms with Crippen LogP contribution in [0.25, 0.3) is 0 Å². The molecule has 3 nitrogen and oxygen atoms in total. The van der Waals surface area contributed by atoms with Gasteiger partial charge in [0.25, 0.3) is 0 Å². The average molecular weight is 332 g/mol. The Bertz CT molecular complexity index is 582. The van der Waals surface area contributed by atoms with Crippen molar-refractivity contribution in [1.82, 2.24) is 0 Å². The van der Waals surface area contributed by atoms with Crippen LogP contribution in [0, 0.1) is 0 Å². The van der Waals surface area contributed by atoms with Gasteiger partial charge in [-0.05, 0) is 17.7 Å². The Balaban J connectivity index is 2.12. The van der Waals surface area contributed by atoms with E-state index in [4.69, 9.17) is 4.84 Å². The molecule has 2 rings (SSSR count). The predicted molar refractivity (Wildman–Crippen MR) is 83.2 cm³/mol. The maximum Gasteiger partial charge on any atom is 0.365 e. The first kappa shape index (κ1) is 14.5. The third kappa shape index (κ3) is 4.03. The van der Waals surface area contributed by atoms with E-state index in [1.807, 2.05) is 36.4 Å². The van der Waals surface area contributed by atoms with Crippen molar-refractivity contribution in [2.45, 2.75) is 6.42 Å². The minimum Gasteiger partial charge on any atom is -0.313 e. The molecule has 0 heterocycles. The molecule has 0 aromatic heterocycles. The highest BCUT2D eigenvalue weighted by Crippen LogP contribution is 2.08. The average Bonchev–Trinajstić information content (AvgIpc) is 2.53. The molecule has 0 fully saturated rings. The first-order chi connectivity index (χ1) is 9.81. The van der Waals surface area contributed by atoms with Crippen LogP contribution < -0.4 is 0 Å². The van der Waals surface area contributed by atoms with E-state index < -0.39 is 5.97 Å². The van der Waals surface area contributed by atoms with E-state index in [1.54, 1.807) is 24.3 Å². The fourth-order valence-corrected chi connectivity index (χ4v) is 2.06. The Kier molecular flexibility index (Phi) is 5.50. The molecule has 102 valence electrons. The number of nitrogens with zero attached hydrogens (tertiary/aromatic N) is 1. The van der Waals surface area contributed by atoms with Crippen LogP contribution in [0.5, 0.6) is 0 Å². The van der Waals surface area contributed by atoms with Crippen LogP contribution >= 0.6 is 15.9 Å². The maximum absolute atomic E-state index is 11.8. The fraction of sp³-hybridized carbons (Fsp3) is 0.125. The third-order valence-corrected chi connectivity index (χ3v) is 3.08. The van der Waals surface area contributed by atoms with E-state index in [1.165, 1.54) is 0 Å². The number of carbonyl (C=O) groups excluding carboxylic acids is 1. The van der Waals surface area contributed by atoms with Gasteiger partial charge in [-0.15, -0.1) is 0 Å². The van der Waals surface area contributed by atoms with Gasteiger partial charge in [0, 0.05) is 11.8 Å². The first-order valence-corrected chi connectivity index (χ1v) is 7.38. The molecule has 0 aliphatic rings. The number of carbonyl (C=O) groups is 1. The lowest BCUT2D eigenvalue weighted by molar-refractivity contribution is 0.0516. The second-order valence-electron chi connectivity index (χ2n) is 4.09. The van der Waals surface area contributed by atoms with Crippen LogP contribution in [-0.2, 0) is 4.84 Å². The quantitative estimate of drug-likeness (QED) is 0.359. The van der Waals surface area contributed by atoms with E-state index in [0.29, 0.717) is 12.0 Å². The lowest BCUT2D eigenvalue weighted by Gasteiger charge is -2.04. The third-order valence-electron chi connectivity index (χ3n) is 2.69. The van der Waals surface area contributed by atoms with E-state index in [0.717, 1.165) is 16.6 Å². The van der Waals surface area contributed by atoms with Gasteiger partial charge in [-0.3, -0.25) is 0 Å². The lowest BCUT2D eigenvalue weighted by atomic mass is 10.1. The highest BCUT2D eigenvalue weighted by atomic mass is 79.9. The molecule has 0 aliphatic carbocycles. The highest BCUT2D eigenvalue weighted by Gasteiger charge is 2.08. The molecular formula is C16H14BrNO2. The van der Waals surface area contributed by atoms with E-state index in [9.17, 15) is 4.79 Å². The summed E-state index contributed by atoms with van der Waals surface area (Å²) in [5.74, 6) is -0.450. The minimum absolute atomic E-state index is 0.450. The smallest absolute Gasteiger partial charge is 0.313 e. The summed E-state index contributed by atoms with van der Waals surface area (Å²) in [5, 5.41) is 4.75. The zero-order chi connectivity index (χ0) is 14.2. The number of oxime groups is 1. The Morgan fingerprint density at radius 3 is 2.05 bits per heavy atom. The Labute approximate surface area is 126 Å². The molecule has 2 aromatic rings. The number of alkyl halides is 1. The fourth-order valence-electron chi connectivity index (χ4n) is 1.69. The molecule has 2 aromatic carbocycles. The molecule has 4 heteroatoms. The normalized spacial score (nSPS) is 11.2. The van der Waals surface area contributed by atoms with Gasteiger partial charge in [-0.25, -0.2) is 4.79 Å². The first-order valence-electron chi connectivity index (χ1n) is 6.26. The Morgan fingerprint density at radius 1 is 0.950 bits per heavy atom. The molecule has 0 saturated carbocycles. The second kappa shape index (κ2) is 7.60. The summed E-state index contributed by atoms with van der Waals surface area (Å²) >= 11 is 3.38. The van der Waals surface area contributed by atoms with Gasteiger partial charge < -0.3 is 4.84 Å². The predicted octanol–water partition coefficient (Wildman–Crippen LogP) is 4.03. The molecule has 0 radical (unpaired) electrons. The zero-order valence-corrected chi connectivity index (χ0v) is 12.4. The van der Waals surface area contributed by atoms with Gasteiger partial charge in [0.05, 0.1) is 11.3 Å². The van der Waals surface area contributed by atoms with Crippen LogP contribution in [0.2, 0.25) is 0 Å². The van der Waals surface area contributed by atoms with Crippen molar-refractivity contribution in [1.29, 1.82) is 0 Å².